The van der Waals surface area contributed by atoms with Crippen LogP contribution in [0.1, 0.15) is 45.0 Å². The van der Waals surface area contributed by atoms with Crippen LogP contribution in [0.2, 0.25) is 0 Å². The fourth-order valence-corrected chi connectivity index (χ4v) is 4.24. The molecule has 0 radical (unpaired) electrons. The smallest absolute Gasteiger partial charge is 0.308 e. The summed E-state index contributed by atoms with van der Waals surface area (Å²) in [4.78, 5) is 10.8. The van der Waals surface area contributed by atoms with Crippen molar-refractivity contribution in [1.29, 1.82) is 0 Å². The molecule has 0 aliphatic rings. The number of hydrogen-bond acceptors (Lipinski definition) is 6. The summed E-state index contributed by atoms with van der Waals surface area (Å²) in [7, 11) is -3.57. The van der Waals surface area contributed by atoms with Gasteiger partial charge in [0.1, 0.15) is 5.78 Å². The molecule has 0 saturated heterocycles. The van der Waals surface area contributed by atoms with Crippen LogP contribution in [0.25, 0.3) is 0 Å². The quantitative estimate of drug-likeness (QED) is 0.279. The Hall–Kier alpha value is -1.27. The highest BCUT2D eigenvalue weighted by molar-refractivity contribution is 7.54. The normalized spacial score (nSPS) is 13.0. The van der Waals surface area contributed by atoms with E-state index in [0.29, 0.717) is 12.1 Å². The average molecular weight is 344 g/mol. The van der Waals surface area contributed by atoms with E-state index in [1.54, 1.807) is 32.0 Å². The molecule has 0 amide bonds. The van der Waals surface area contributed by atoms with Gasteiger partial charge < -0.3 is 9.05 Å². The predicted octanol–water partition coefficient (Wildman–Crippen LogP) is 4.25. The van der Waals surface area contributed by atoms with Gasteiger partial charge in [0, 0.05) is 6.07 Å². The first-order valence-electron chi connectivity index (χ1n) is 7.85. The zero-order valence-electron chi connectivity index (χ0n) is 13.9. The highest BCUT2D eigenvalue weighted by atomic mass is 31.2. The minimum Gasteiger partial charge on any atom is -0.308 e. The van der Waals surface area contributed by atoms with Crippen molar-refractivity contribution in [3.63, 3.8) is 0 Å². The first kappa shape index (κ1) is 19.8. The maximum atomic E-state index is 13.2. The summed E-state index contributed by atoms with van der Waals surface area (Å²) >= 11 is 0. The van der Waals surface area contributed by atoms with Gasteiger partial charge in [-0.05, 0) is 32.9 Å². The van der Waals surface area contributed by atoms with Crippen LogP contribution in [-0.2, 0) is 13.6 Å². The molecule has 8 heteroatoms. The van der Waals surface area contributed by atoms with Gasteiger partial charge >= 0.3 is 7.60 Å². The SMILES string of the molecule is CCCCNC(c1ccccc1[N+](=O)[O-])P(=O)(OCC)OCC. The fourth-order valence-electron chi connectivity index (χ4n) is 2.24. The maximum absolute atomic E-state index is 13.2. The Morgan fingerprint density at radius 2 is 1.83 bits per heavy atom. The lowest BCUT2D eigenvalue weighted by Crippen LogP contribution is -2.25. The Morgan fingerprint density at radius 1 is 1.22 bits per heavy atom. The molecular weight excluding hydrogens is 319 g/mol. The number of hydrogen-bond donors (Lipinski definition) is 1. The van der Waals surface area contributed by atoms with Crippen LogP contribution in [0.4, 0.5) is 5.69 Å². The minimum atomic E-state index is -3.57. The highest BCUT2D eigenvalue weighted by Gasteiger charge is 2.39. The molecule has 23 heavy (non-hydrogen) atoms. The summed E-state index contributed by atoms with van der Waals surface area (Å²) in [5.41, 5.74) is 0.222. The lowest BCUT2D eigenvalue weighted by molar-refractivity contribution is -0.385. The van der Waals surface area contributed by atoms with Crippen LogP contribution in [0.3, 0.4) is 0 Å². The monoisotopic (exact) mass is 344 g/mol. The first-order chi connectivity index (χ1) is 11.0. The topological polar surface area (TPSA) is 90.7 Å². The maximum Gasteiger partial charge on any atom is 0.352 e. The molecule has 7 nitrogen and oxygen atoms in total. The number of nitro benzene ring substituents is 1. The second-order valence-corrected chi connectivity index (χ2v) is 7.01. The number of nitro groups is 1. The molecule has 1 unspecified atom stereocenters. The molecule has 1 atom stereocenters. The Labute approximate surface area is 137 Å². The summed E-state index contributed by atoms with van der Waals surface area (Å²) in [6.07, 6.45) is 1.81. The molecule has 1 N–H and O–H groups in total. The van der Waals surface area contributed by atoms with Gasteiger partial charge in [-0.25, -0.2) is 0 Å². The third kappa shape index (κ3) is 5.39. The van der Waals surface area contributed by atoms with Crippen molar-refractivity contribution in [3.05, 3.63) is 39.9 Å². The van der Waals surface area contributed by atoms with Crippen LogP contribution in [0.5, 0.6) is 0 Å². The van der Waals surface area contributed by atoms with E-state index >= 15 is 0 Å². The van der Waals surface area contributed by atoms with Gasteiger partial charge in [-0.1, -0.05) is 25.5 Å². The average Bonchev–Trinajstić information content (AvgIpc) is 2.52. The molecular formula is C15H25N2O5P. The highest BCUT2D eigenvalue weighted by Crippen LogP contribution is 2.60. The lowest BCUT2D eigenvalue weighted by atomic mass is 10.1. The van der Waals surface area contributed by atoms with Crippen LogP contribution in [0, 0.1) is 10.1 Å². The Bertz CT molecular complexity index is 542. The first-order valence-corrected chi connectivity index (χ1v) is 9.46. The van der Waals surface area contributed by atoms with E-state index in [-0.39, 0.29) is 18.9 Å². The number of rotatable bonds is 11. The zero-order chi connectivity index (χ0) is 17.3. The third-order valence-corrected chi connectivity index (χ3v) is 5.56. The molecule has 0 spiro atoms. The van der Waals surface area contributed by atoms with Gasteiger partial charge in [0.05, 0.1) is 23.7 Å². The number of unbranched alkanes of at least 4 members (excludes halogenated alkanes) is 1. The standard InChI is InChI=1S/C15H25N2O5P/c1-4-7-12-16-15(23(20,21-5-2)22-6-3)13-10-8-9-11-14(13)17(18)19/h8-11,15-16H,4-7,12H2,1-3H3. The number of nitrogens with zero attached hydrogens (tertiary/aromatic N) is 1. The van der Waals surface area contributed by atoms with Crippen molar-refractivity contribution in [3.8, 4) is 0 Å². The molecule has 0 bridgehead atoms. The van der Waals surface area contributed by atoms with Crippen molar-refractivity contribution < 1.29 is 18.5 Å². The van der Waals surface area contributed by atoms with E-state index in [1.807, 2.05) is 6.92 Å². The zero-order valence-corrected chi connectivity index (χ0v) is 14.8. The van der Waals surface area contributed by atoms with Crippen LogP contribution in [-0.4, -0.2) is 24.7 Å². The van der Waals surface area contributed by atoms with Gasteiger partial charge in [-0.2, -0.15) is 0 Å². The molecule has 1 rings (SSSR count). The molecule has 130 valence electrons. The summed E-state index contributed by atoms with van der Waals surface area (Å²) in [5, 5.41) is 14.4. The third-order valence-electron chi connectivity index (χ3n) is 3.23. The van der Waals surface area contributed by atoms with E-state index in [1.165, 1.54) is 6.07 Å². The summed E-state index contributed by atoms with van der Waals surface area (Å²) in [6, 6.07) is 6.24. The van der Waals surface area contributed by atoms with E-state index < -0.39 is 18.3 Å². The van der Waals surface area contributed by atoms with E-state index in [2.05, 4.69) is 5.32 Å². The summed E-state index contributed by atoms with van der Waals surface area (Å²) < 4.78 is 24.0. The van der Waals surface area contributed by atoms with Crippen molar-refractivity contribution in [2.75, 3.05) is 19.8 Å². The van der Waals surface area contributed by atoms with Crippen LogP contribution >= 0.6 is 7.60 Å². The Kier molecular flexibility index (Phi) is 8.41. The molecule has 0 heterocycles. The summed E-state index contributed by atoms with van der Waals surface area (Å²) in [5.74, 6) is -0.865. The number of nitrogens with one attached hydrogen (secondary N) is 1. The van der Waals surface area contributed by atoms with Crippen LogP contribution in [0.15, 0.2) is 24.3 Å². The molecule has 1 aromatic rings. The van der Waals surface area contributed by atoms with Crippen LogP contribution < -0.4 is 5.32 Å². The molecule has 0 saturated carbocycles. The molecule has 0 aromatic heterocycles. The molecule has 1 aromatic carbocycles. The summed E-state index contributed by atoms with van der Waals surface area (Å²) in [6.45, 7) is 6.43. The molecule has 0 aliphatic carbocycles. The van der Waals surface area contributed by atoms with Crippen molar-refractivity contribution in [1.82, 2.24) is 5.32 Å². The largest absolute Gasteiger partial charge is 0.352 e. The number of para-hydroxylation sites is 1. The second-order valence-electron chi connectivity index (χ2n) is 4.90. The number of benzene rings is 1. The Morgan fingerprint density at radius 3 is 2.35 bits per heavy atom. The van der Waals surface area contributed by atoms with Crippen molar-refractivity contribution in [2.24, 2.45) is 0 Å². The molecule has 0 fully saturated rings. The Balaban J connectivity index is 3.28. The van der Waals surface area contributed by atoms with E-state index in [9.17, 15) is 14.7 Å². The van der Waals surface area contributed by atoms with Gasteiger partial charge in [0.25, 0.3) is 5.69 Å². The van der Waals surface area contributed by atoms with Gasteiger partial charge in [-0.3, -0.25) is 20.0 Å². The molecule has 0 aliphatic heterocycles. The van der Waals surface area contributed by atoms with Gasteiger partial charge in [0.15, 0.2) is 0 Å². The fraction of sp³-hybridized carbons (Fsp3) is 0.600. The van der Waals surface area contributed by atoms with Crippen molar-refractivity contribution >= 4 is 13.3 Å². The lowest BCUT2D eigenvalue weighted by Gasteiger charge is -2.27. The van der Waals surface area contributed by atoms with E-state index in [4.69, 9.17) is 9.05 Å². The minimum absolute atomic E-state index is 0.0962. The van der Waals surface area contributed by atoms with Gasteiger partial charge in [0.2, 0.25) is 0 Å². The second kappa shape index (κ2) is 9.78. The van der Waals surface area contributed by atoms with Crippen molar-refractivity contribution in [2.45, 2.75) is 39.4 Å². The van der Waals surface area contributed by atoms with E-state index in [0.717, 1.165) is 12.8 Å². The van der Waals surface area contributed by atoms with Gasteiger partial charge in [-0.15, -0.1) is 0 Å². The predicted molar refractivity (Wildman–Crippen MR) is 89.6 cm³/mol.